The van der Waals surface area contributed by atoms with E-state index in [-0.39, 0.29) is 0 Å². The van der Waals surface area contributed by atoms with E-state index >= 15 is 0 Å². The first kappa shape index (κ1) is 9.34. The topological polar surface area (TPSA) is 94.8 Å². The molecule has 0 heterocycles. The summed E-state index contributed by atoms with van der Waals surface area (Å²) < 4.78 is 20.1. The summed E-state index contributed by atoms with van der Waals surface area (Å²) in [5, 5.41) is 6.88. The van der Waals surface area contributed by atoms with E-state index in [0.717, 1.165) is 0 Å². The molecule has 0 aliphatic heterocycles. The summed E-state index contributed by atoms with van der Waals surface area (Å²) in [6.45, 7) is -0.706. The van der Waals surface area contributed by atoms with Crippen LogP contribution in [0.4, 0.5) is 0 Å². The van der Waals surface area contributed by atoms with Crippen LogP contribution in [0, 0.1) is 0 Å². The smallest absolute Gasteiger partial charge is 0.203 e. The van der Waals surface area contributed by atoms with Gasteiger partial charge in [0, 0.05) is 0 Å². The summed E-state index contributed by atoms with van der Waals surface area (Å²) in [5.74, 6) is 0. The highest BCUT2D eigenvalue weighted by Gasteiger charge is 2.18. The summed E-state index contributed by atoms with van der Waals surface area (Å²) in [6, 6.07) is 0. The van der Waals surface area contributed by atoms with E-state index in [9.17, 15) is 9.13 Å². The normalized spacial score (nSPS) is 20.8. The molecule has 0 aromatic rings. The molecule has 0 spiro atoms. The van der Waals surface area contributed by atoms with E-state index in [1.807, 2.05) is 0 Å². The predicted octanol–water partition coefficient (Wildman–Crippen LogP) is -0.761. The Morgan fingerprint density at radius 2 is 1.56 bits per heavy atom. The molecule has 0 aliphatic carbocycles. The summed E-state index contributed by atoms with van der Waals surface area (Å²) >= 11 is 0. The van der Waals surface area contributed by atoms with Crippen LogP contribution in [0.15, 0.2) is 0 Å². The average Bonchev–Trinajstić information content (AvgIpc) is 1.64. The molecule has 2 unspecified atom stereocenters. The van der Waals surface area contributed by atoms with Crippen LogP contribution in [0.5, 0.6) is 0 Å². The van der Waals surface area contributed by atoms with Crippen molar-refractivity contribution >= 4 is 16.1 Å². The maximum atomic E-state index is 10.1. The summed E-state index contributed by atoms with van der Waals surface area (Å²) in [7, 11) is -6.08. The second-order valence-corrected chi connectivity index (χ2v) is 4.74. The Morgan fingerprint density at radius 3 is 1.56 bits per heavy atom. The van der Waals surface area contributed by atoms with Crippen LogP contribution in [0.1, 0.15) is 0 Å². The van der Waals surface area contributed by atoms with E-state index < -0.39 is 28.1 Å². The van der Waals surface area contributed by atoms with Gasteiger partial charge in [-0.15, -0.1) is 0 Å². The molecule has 7 heteroatoms. The fourth-order valence-electron chi connectivity index (χ4n) is 0.262. The first-order valence-electron chi connectivity index (χ1n) is 2.16. The zero-order valence-electron chi connectivity index (χ0n) is 4.44. The van der Waals surface area contributed by atoms with E-state index in [2.05, 4.69) is 0 Å². The molecule has 56 valence electrons. The minimum Gasteiger partial charge on any atom is -0.395 e. The van der Waals surface area contributed by atoms with Crippen molar-refractivity contribution in [1.29, 1.82) is 0 Å². The third kappa shape index (κ3) is 3.14. The lowest BCUT2D eigenvalue weighted by Gasteiger charge is -2.03. The largest absolute Gasteiger partial charge is 0.395 e. The lowest BCUT2D eigenvalue weighted by molar-refractivity contribution is 0.301. The maximum absolute atomic E-state index is 10.1. The molecule has 0 bridgehead atoms. The van der Waals surface area contributed by atoms with Crippen molar-refractivity contribution in [3.63, 3.8) is 0 Å². The van der Waals surface area contributed by atoms with Crippen LogP contribution < -0.4 is 0 Å². The van der Waals surface area contributed by atoms with Crippen LogP contribution in [0.3, 0.4) is 0 Å². The summed E-state index contributed by atoms with van der Waals surface area (Å²) in [6.07, 6.45) is 0. The van der Waals surface area contributed by atoms with Crippen LogP contribution in [-0.4, -0.2) is 26.9 Å². The Labute approximate surface area is 53.1 Å². The van der Waals surface area contributed by atoms with Crippen molar-refractivity contribution in [2.75, 3.05) is 6.61 Å². The van der Waals surface area contributed by atoms with Crippen LogP contribution in [0.25, 0.3) is 0 Å². The fourth-order valence-corrected chi connectivity index (χ4v) is 1.42. The molecule has 3 N–H and O–H groups in total. The third-order valence-electron chi connectivity index (χ3n) is 0.779. The van der Waals surface area contributed by atoms with E-state index in [0.29, 0.717) is 0 Å². The van der Waals surface area contributed by atoms with Crippen molar-refractivity contribution in [2.24, 2.45) is 0 Å². The second kappa shape index (κ2) is 4.20. The molecule has 9 heavy (non-hydrogen) atoms. The van der Waals surface area contributed by atoms with Crippen LogP contribution in [-0.2, 0) is 9.13 Å². The molecule has 0 saturated carbocycles. The molecule has 0 saturated heterocycles. The Hall–Kier alpha value is 0.340. The zero-order valence-corrected chi connectivity index (χ0v) is 6.44. The standard InChI is InChI=1S/C2H8O5P2/c3-1-2(8(4)5)9(6)7/h2-3,8-9H,1H2,(H,4,5)(H,6,7). The van der Waals surface area contributed by atoms with Crippen molar-refractivity contribution in [1.82, 2.24) is 0 Å². The van der Waals surface area contributed by atoms with E-state index in [4.69, 9.17) is 14.9 Å². The molecule has 0 radical (unpaired) electrons. The second-order valence-electron chi connectivity index (χ2n) is 1.41. The van der Waals surface area contributed by atoms with Gasteiger partial charge in [0.05, 0.1) is 6.61 Å². The molecule has 5 nitrogen and oxygen atoms in total. The molecule has 0 aliphatic rings. The number of hydrogen-bond donors (Lipinski definition) is 3. The van der Waals surface area contributed by atoms with Gasteiger partial charge in [-0.1, -0.05) is 0 Å². The third-order valence-corrected chi connectivity index (χ3v) is 3.82. The highest BCUT2D eigenvalue weighted by atomic mass is 31.2. The highest BCUT2D eigenvalue weighted by molar-refractivity contribution is 7.57. The monoisotopic (exact) mass is 174 g/mol. The molecule has 0 aromatic carbocycles. The summed E-state index contributed by atoms with van der Waals surface area (Å²) in [5.41, 5.74) is 0. The Morgan fingerprint density at radius 1 is 1.22 bits per heavy atom. The van der Waals surface area contributed by atoms with Crippen molar-refractivity contribution in [2.45, 2.75) is 5.40 Å². The number of aliphatic hydroxyl groups is 1. The van der Waals surface area contributed by atoms with Gasteiger partial charge >= 0.3 is 0 Å². The minimum atomic E-state index is -3.04. The van der Waals surface area contributed by atoms with Gasteiger partial charge in [0.25, 0.3) is 0 Å². The van der Waals surface area contributed by atoms with Crippen molar-refractivity contribution in [3.05, 3.63) is 0 Å². The van der Waals surface area contributed by atoms with Gasteiger partial charge in [-0.25, -0.2) is 0 Å². The van der Waals surface area contributed by atoms with Gasteiger partial charge in [0.15, 0.2) is 0 Å². The maximum Gasteiger partial charge on any atom is 0.203 e. The molecule has 0 rings (SSSR count). The van der Waals surface area contributed by atoms with Gasteiger partial charge in [0.2, 0.25) is 16.1 Å². The molecule has 0 aromatic heterocycles. The lowest BCUT2D eigenvalue weighted by Crippen LogP contribution is -2.01. The Balaban J connectivity index is 3.99. The molecule has 0 amide bonds. The van der Waals surface area contributed by atoms with Gasteiger partial charge in [0.1, 0.15) is 5.40 Å². The Kier molecular flexibility index (Phi) is 4.36. The number of rotatable bonds is 3. The minimum absolute atomic E-state index is 0.706. The van der Waals surface area contributed by atoms with E-state index in [1.165, 1.54) is 0 Å². The van der Waals surface area contributed by atoms with Gasteiger partial charge in [-0.2, -0.15) is 0 Å². The highest BCUT2D eigenvalue weighted by Crippen LogP contribution is 2.38. The Bertz CT molecular complexity index is 119. The molecular weight excluding hydrogens is 166 g/mol. The van der Waals surface area contributed by atoms with Gasteiger partial charge in [-0.3, -0.25) is 9.13 Å². The average molecular weight is 174 g/mol. The predicted molar refractivity (Wildman–Crippen MR) is 33.3 cm³/mol. The first-order valence-corrected chi connectivity index (χ1v) is 5.02. The molecule has 0 fully saturated rings. The number of hydrogen-bond acceptors (Lipinski definition) is 3. The molecule has 2 atom stereocenters. The zero-order chi connectivity index (χ0) is 7.44. The van der Waals surface area contributed by atoms with E-state index in [1.54, 1.807) is 0 Å². The lowest BCUT2D eigenvalue weighted by atomic mass is 10.9. The number of aliphatic hydroxyl groups excluding tert-OH is 1. The SMILES string of the molecule is O=[PH](O)C(CO)[PH](=O)O. The molecular formula is C2H8O5P2. The van der Waals surface area contributed by atoms with Crippen molar-refractivity contribution in [3.8, 4) is 0 Å². The van der Waals surface area contributed by atoms with Gasteiger partial charge in [-0.05, 0) is 0 Å². The first-order chi connectivity index (χ1) is 4.09. The quantitative estimate of drug-likeness (QED) is 0.488. The van der Waals surface area contributed by atoms with Gasteiger partial charge < -0.3 is 14.9 Å². The van der Waals surface area contributed by atoms with Crippen LogP contribution >= 0.6 is 16.1 Å². The fraction of sp³-hybridized carbons (Fsp3) is 1.00. The summed E-state index contributed by atoms with van der Waals surface area (Å²) in [4.78, 5) is 16.5. The van der Waals surface area contributed by atoms with Crippen LogP contribution in [0.2, 0.25) is 0 Å². The van der Waals surface area contributed by atoms with Crippen molar-refractivity contribution < 1.29 is 24.0 Å².